The third-order valence-electron chi connectivity index (χ3n) is 5.06. The van der Waals surface area contributed by atoms with Crippen LogP contribution in [-0.2, 0) is 20.8 Å². The lowest BCUT2D eigenvalue weighted by atomic mass is 10.1. The van der Waals surface area contributed by atoms with E-state index in [1.807, 2.05) is 0 Å². The van der Waals surface area contributed by atoms with E-state index in [9.17, 15) is 19.5 Å². The van der Waals surface area contributed by atoms with E-state index in [0.717, 1.165) is 5.56 Å². The van der Waals surface area contributed by atoms with Gasteiger partial charge in [0.1, 0.15) is 12.1 Å². The third kappa shape index (κ3) is 3.40. The van der Waals surface area contributed by atoms with E-state index in [1.54, 1.807) is 23.2 Å². The van der Waals surface area contributed by atoms with Crippen molar-refractivity contribution in [2.45, 2.75) is 31.3 Å². The lowest BCUT2D eigenvalue weighted by Crippen LogP contribution is -2.54. The maximum atomic E-state index is 12.6. The summed E-state index contributed by atoms with van der Waals surface area (Å²) >= 11 is 5.24. The molecule has 0 saturated carbocycles. The van der Waals surface area contributed by atoms with Crippen LogP contribution in [0.15, 0.2) is 18.2 Å². The summed E-state index contributed by atoms with van der Waals surface area (Å²) in [4.78, 5) is 36.7. The molecule has 0 unspecified atom stereocenters. The highest BCUT2D eigenvalue weighted by molar-refractivity contribution is 7.82. The molecule has 0 radical (unpaired) electrons. The van der Waals surface area contributed by atoms with E-state index in [0.29, 0.717) is 30.9 Å². The minimum Gasteiger partial charge on any atom is -0.480 e. The van der Waals surface area contributed by atoms with Crippen LogP contribution >= 0.6 is 12.2 Å². The molecule has 0 aromatic heterocycles. The Morgan fingerprint density at radius 2 is 2.07 bits per heavy atom. The van der Waals surface area contributed by atoms with Gasteiger partial charge >= 0.3 is 5.97 Å². The van der Waals surface area contributed by atoms with Gasteiger partial charge in [-0.05, 0) is 30.5 Å². The van der Waals surface area contributed by atoms with Crippen LogP contribution in [-0.4, -0.2) is 69.7 Å². The van der Waals surface area contributed by atoms with Crippen molar-refractivity contribution in [3.05, 3.63) is 23.8 Å². The van der Waals surface area contributed by atoms with Gasteiger partial charge in [0.05, 0.1) is 4.86 Å². The number of carboxylic acid groups (broad SMARTS) is 1. The van der Waals surface area contributed by atoms with Crippen LogP contribution in [0.4, 0.5) is 0 Å². The van der Waals surface area contributed by atoms with Gasteiger partial charge in [-0.3, -0.25) is 14.6 Å². The standard InChI is InChI=1S/C18H19N3O6S/c22-16(15(28)7-10-3-4-13-14(6-10)27-9-26-13)19-11-8-20-5-1-2-12(18(24)25)21(20)17(11)23/h3-4,6,11-12H,1-2,5,7-9H2,(H,19,22)(H,24,25)/t11-,12+/m1/s1. The highest BCUT2D eigenvalue weighted by Gasteiger charge is 2.46. The number of carboxylic acids is 1. The van der Waals surface area contributed by atoms with Crippen molar-refractivity contribution in [2.75, 3.05) is 19.9 Å². The predicted molar refractivity (Wildman–Crippen MR) is 99.9 cm³/mol. The number of rotatable bonds is 5. The molecule has 9 nitrogen and oxygen atoms in total. The number of fused-ring (bicyclic) bond motifs is 2. The molecule has 148 valence electrons. The Bertz CT molecular complexity index is 860. The monoisotopic (exact) mass is 405 g/mol. The van der Waals surface area contributed by atoms with Crippen molar-refractivity contribution in [1.82, 2.24) is 15.3 Å². The molecule has 2 amide bonds. The van der Waals surface area contributed by atoms with Gasteiger partial charge in [0.25, 0.3) is 11.8 Å². The smallest absolute Gasteiger partial charge is 0.328 e. The zero-order chi connectivity index (χ0) is 19.8. The minimum atomic E-state index is -1.04. The Hall–Kier alpha value is -2.72. The molecule has 0 bridgehead atoms. The Morgan fingerprint density at radius 3 is 2.86 bits per heavy atom. The van der Waals surface area contributed by atoms with Crippen molar-refractivity contribution < 1.29 is 29.0 Å². The summed E-state index contributed by atoms with van der Waals surface area (Å²) in [6.45, 7) is 1.00. The van der Waals surface area contributed by atoms with Gasteiger partial charge in [0, 0.05) is 19.5 Å². The summed E-state index contributed by atoms with van der Waals surface area (Å²) in [7, 11) is 0. The van der Waals surface area contributed by atoms with Crippen molar-refractivity contribution in [3.63, 3.8) is 0 Å². The van der Waals surface area contributed by atoms with Crippen LogP contribution in [0.1, 0.15) is 18.4 Å². The molecular formula is C18H19N3O6S. The molecule has 2 atom stereocenters. The molecule has 3 heterocycles. The quantitative estimate of drug-likeness (QED) is 0.665. The first-order valence-corrected chi connectivity index (χ1v) is 9.38. The topological polar surface area (TPSA) is 108 Å². The number of amides is 2. The van der Waals surface area contributed by atoms with E-state index in [-0.39, 0.29) is 24.6 Å². The molecule has 3 aliphatic rings. The Labute approximate surface area is 166 Å². The average molecular weight is 405 g/mol. The lowest BCUT2D eigenvalue weighted by molar-refractivity contribution is -0.164. The van der Waals surface area contributed by atoms with Gasteiger partial charge in [-0.25, -0.2) is 9.80 Å². The van der Waals surface area contributed by atoms with Crippen LogP contribution in [0.2, 0.25) is 0 Å². The third-order valence-corrected chi connectivity index (χ3v) is 5.39. The number of benzene rings is 1. The van der Waals surface area contributed by atoms with Crippen LogP contribution in [0.3, 0.4) is 0 Å². The second-order valence-electron chi connectivity index (χ2n) is 6.91. The van der Waals surface area contributed by atoms with Crippen LogP contribution < -0.4 is 14.8 Å². The molecule has 10 heteroatoms. The summed E-state index contributed by atoms with van der Waals surface area (Å²) in [6.07, 6.45) is 1.31. The highest BCUT2D eigenvalue weighted by atomic mass is 32.1. The molecule has 28 heavy (non-hydrogen) atoms. The minimum absolute atomic E-state index is 0.140. The Balaban J connectivity index is 1.39. The van der Waals surface area contributed by atoms with Crippen molar-refractivity contribution in [2.24, 2.45) is 0 Å². The normalized spacial score (nSPS) is 23.4. The molecule has 1 aromatic carbocycles. The van der Waals surface area contributed by atoms with Crippen LogP contribution in [0, 0.1) is 0 Å². The van der Waals surface area contributed by atoms with E-state index < -0.39 is 29.9 Å². The van der Waals surface area contributed by atoms with E-state index in [1.165, 1.54) is 5.01 Å². The number of carbonyl (C=O) groups is 3. The fourth-order valence-corrected chi connectivity index (χ4v) is 3.93. The molecule has 3 aliphatic heterocycles. The SMILES string of the molecule is O=C(N[C@@H]1CN2CCC[C@@H](C(=O)O)N2C1=O)C(=S)Cc1ccc2c(c1)OCO2. The molecule has 2 saturated heterocycles. The zero-order valence-corrected chi connectivity index (χ0v) is 15.7. The van der Waals surface area contributed by atoms with Crippen molar-refractivity contribution in [1.29, 1.82) is 0 Å². The second kappa shape index (κ2) is 7.36. The Morgan fingerprint density at radius 1 is 1.29 bits per heavy atom. The maximum Gasteiger partial charge on any atom is 0.328 e. The number of aliphatic carboxylic acids is 1. The first-order valence-electron chi connectivity index (χ1n) is 8.97. The molecule has 0 spiro atoms. The maximum absolute atomic E-state index is 12.6. The molecule has 0 aliphatic carbocycles. The van der Waals surface area contributed by atoms with Crippen LogP contribution in [0.5, 0.6) is 11.5 Å². The second-order valence-corrected chi connectivity index (χ2v) is 7.40. The predicted octanol–water partition coefficient (Wildman–Crippen LogP) is 0.119. The highest BCUT2D eigenvalue weighted by Crippen LogP contribution is 2.32. The molecule has 2 fully saturated rings. The number of hydrazine groups is 1. The van der Waals surface area contributed by atoms with E-state index in [2.05, 4.69) is 5.32 Å². The molecule has 1 aromatic rings. The van der Waals surface area contributed by atoms with E-state index in [4.69, 9.17) is 21.7 Å². The zero-order valence-electron chi connectivity index (χ0n) is 14.9. The van der Waals surface area contributed by atoms with Gasteiger partial charge < -0.3 is 19.9 Å². The van der Waals surface area contributed by atoms with Gasteiger partial charge in [-0.15, -0.1) is 0 Å². The number of carbonyl (C=O) groups excluding carboxylic acids is 2. The number of thiocarbonyl (C=S) groups is 1. The fourth-order valence-electron chi connectivity index (χ4n) is 3.71. The first kappa shape index (κ1) is 18.6. The summed E-state index contributed by atoms with van der Waals surface area (Å²) < 4.78 is 10.6. The van der Waals surface area contributed by atoms with Crippen molar-refractivity contribution in [3.8, 4) is 11.5 Å². The number of nitrogens with zero attached hydrogens (tertiary/aromatic N) is 2. The van der Waals surface area contributed by atoms with Crippen molar-refractivity contribution >= 4 is 34.9 Å². The molecule has 4 rings (SSSR count). The summed E-state index contributed by atoms with van der Waals surface area (Å²) in [6, 6.07) is 3.64. The van der Waals surface area contributed by atoms with E-state index >= 15 is 0 Å². The average Bonchev–Trinajstić information content (AvgIpc) is 3.26. The Kier molecular flexibility index (Phi) is 4.90. The van der Waals surface area contributed by atoms with Gasteiger partial charge in [0.15, 0.2) is 11.5 Å². The summed E-state index contributed by atoms with van der Waals surface area (Å²) in [5.74, 6) is -0.695. The molecular weight excluding hydrogens is 386 g/mol. The number of nitrogens with one attached hydrogen (secondary N) is 1. The van der Waals surface area contributed by atoms with Gasteiger partial charge in [-0.1, -0.05) is 18.3 Å². The number of hydrogen-bond donors (Lipinski definition) is 2. The number of ether oxygens (including phenoxy) is 2. The fraction of sp³-hybridized carbons (Fsp3) is 0.444. The number of hydrogen-bond acceptors (Lipinski definition) is 7. The summed E-state index contributed by atoms with van der Waals surface area (Å²) in [5, 5.41) is 14.9. The molecule has 2 N–H and O–H groups in total. The first-order chi connectivity index (χ1) is 13.4. The lowest BCUT2D eigenvalue weighted by Gasteiger charge is -2.36. The summed E-state index contributed by atoms with van der Waals surface area (Å²) in [5.41, 5.74) is 0.800. The largest absolute Gasteiger partial charge is 0.480 e. The van der Waals surface area contributed by atoms with Gasteiger partial charge in [0.2, 0.25) is 6.79 Å². The van der Waals surface area contributed by atoms with Gasteiger partial charge in [-0.2, -0.15) is 0 Å². The van der Waals surface area contributed by atoms with Crippen LogP contribution in [0.25, 0.3) is 0 Å².